The fraction of sp³-hybridized carbons (Fsp3) is 0.700. The molecule has 3 nitrogen and oxygen atoms in total. The van der Waals surface area contributed by atoms with E-state index in [9.17, 15) is 0 Å². The molecule has 0 saturated heterocycles. The Labute approximate surface area is 79.9 Å². The Bertz CT molecular complexity index is 281. The van der Waals surface area contributed by atoms with Crippen LogP contribution in [-0.4, -0.2) is 17.2 Å². The van der Waals surface area contributed by atoms with E-state index in [1.54, 1.807) is 0 Å². The standard InChI is InChI=1S/C10H19N3/c1-7-8(6-11-5)12-13-9(7)10(2,3)4/h11H,6H2,1-5H3,(H,12,13). The first-order chi connectivity index (χ1) is 5.96. The van der Waals surface area contributed by atoms with Crippen molar-refractivity contribution in [2.24, 2.45) is 0 Å². The summed E-state index contributed by atoms with van der Waals surface area (Å²) in [6, 6.07) is 0. The van der Waals surface area contributed by atoms with Crippen LogP contribution < -0.4 is 5.32 Å². The van der Waals surface area contributed by atoms with Crippen molar-refractivity contribution in [3.05, 3.63) is 17.0 Å². The summed E-state index contributed by atoms with van der Waals surface area (Å²) in [7, 11) is 1.94. The van der Waals surface area contributed by atoms with Crippen LogP contribution in [0.5, 0.6) is 0 Å². The molecule has 0 saturated carbocycles. The fourth-order valence-electron chi connectivity index (χ4n) is 1.51. The molecule has 0 aromatic carbocycles. The van der Waals surface area contributed by atoms with Gasteiger partial charge >= 0.3 is 0 Å². The maximum atomic E-state index is 4.34. The summed E-state index contributed by atoms with van der Waals surface area (Å²) in [4.78, 5) is 0. The van der Waals surface area contributed by atoms with Crippen LogP contribution in [0.25, 0.3) is 0 Å². The van der Waals surface area contributed by atoms with Crippen molar-refractivity contribution in [2.75, 3.05) is 7.05 Å². The fourth-order valence-corrected chi connectivity index (χ4v) is 1.51. The number of aromatic amines is 1. The molecule has 0 spiro atoms. The zero-order chi connectivity index (χ0) is 10.1. The smallest absolute Gasteiger partial charge is 0.0707 e. The van der Waals surface area contributed by atoms with E-state index in [0.29, 0.717) is 0 Å². The minimum absolute atomic E-state index is 0.132. The van der Waals surface area contributed by atoms with Gasteiger partial charge in [0, 0.05) is 12.0 Å². The number of aromatic nitrogens is 2. The van der Waals surface area contributed by atoms with Crippen molar-refractivity contribution in [1.29, 1.82) is 0 Å². The van der Waals surface area contributed by atoms with Crippen molar-refractivity contribution in [3.63, 3.8) is 0 Å². The van der Waals surface area contributed by atoms with Crippen molar-refractivity contribution in [3.8, 4) is 0 Å². The van der Waals surface area contributed by atoms with E-state index in [2.05, 4.69) is 43.2 Å². The molecular weight excluding hydrogens is 162 g/mol. The molecule has 1 heterocycles. The zero-order valence-corrected chi connectivity index (χ0v) is 9.15. The van der Waals surface area contributed by atoms with Crippen LogP contribution in [0.15, 0.2) is 0 Å². The first-order valence-corrected chi connectivity index (χ1v) is 4.65. The van der Waals surface area contributed by atoms with Gasteiger partial charge in [0.2, 0.25) is 0 Å². The molecule has 0 aliphatic carbocycles. The largest absolute Gasteiger partial charge is 0.314 e. The first-order valence-electron chi connectivity index (χ1n) is 4.65. The van der Waals surface area contributed by atoms with Crippen molar-refractivity contribution in [1.82, 2.24) is 15.5 Å². The summed E-state index contributed by atoms with van der Waals surface area (Å²) in [6.07, 6.45) is 0. The average Bonchev–Trinajstić information content (AvgIpc) is 2.32. The molecule has 0 unspecified atom stereocenters. The average molecular weight is 181 g/mol. The molecule has 13 heavy (non-hydrogen) atoms. The Balaban J connectivity index is 2.99. The van der Waals surface area contributed by atoms with Gasteiger partial charge in [-0.05, 0) is 19.5 Å². The number of hydrogen-bond acceptors (Lipinski definition) is 2. The highest BCUT2D eigenvalue weighted by Crippen LogP contribution is 2.24. The minimum atomic E-state index is 0.132. The summed E-state index contributed by atoms with van der Waals surface area (Å²) < 4.78 is 0. The molecule has 0 atom stereocenters. The quantitative estimate of drug-likeness (QED) is 0.729. The lowest BCUT2D eigenvalue weighted by Crippen LogP contribution is -2.13. The van der Waals surface area contributed by atoms with Gasteiger partial charge in [-0.25, -0.2) is 0 Å². The van der Waals surface area contributed by atoms with Gasteiger partial charge in [0.05, 0.1) is 11.4 Å². The van der Waals surface area contributed by atoms with Gasteiger partial charge in [0.25, 0.3) is 0 Å². The van der Waals surface area contributed by atoms with Gasteiger partial charge in [-0.2, -0.15) is 5.10 Å². The van der Waals surface area contributed by atoms with E-state index < -0.39 is 0 Å². The third-order valence-corrected chi connectivity index (χ3v) is 2.17. The van der Waals surface area contributed by atoms with E-state index in [1.165, 1.54) is 11.3 Å². The van der Waals surface area contributed by atoms with E-state index in [-0.39, 0.29) is 5.41 Å². The SMILES string of the molecule is CNCc1[nH]nc(C(C)(C)C)c1C. The van der Waals surface area contributed by atoms with Gasteiger partial charge in [0.15, 0.2) is 0 Å². The molecule has 0 aliphatic heterocycles. The Kier molecular flexibility index (Phi) is 2.76. The number of rotatable bonds is 2. The maximum absolute atomic E-state index is 4.34. The number of hydrogen-bond donors (Lipinski definition) is 2. The summed E-state index contributed by atoms with van der Waals surface area (Å²) >= 11 is 0. The predicted molar refractivity (Wildman–Crippen MR) is 54.8 cm³/mol. The van der Waals surface area contributed by atoms with E-state index in [0.717, 1.165) is 12.2 Å². The Morgan fingerprint density at radius 3 is 2.38 bits per heavy atom. The number of nitrogens with zero attached hydrogens (tertiary/aromatic N) is 1. The third-order valence-electron chi connectivity index (χ3n) is 2.17. The van der Waals surface area contributed by atoms with E-state index in [4.69, 9.17) is 0 Å². The van der Waals surface area contributed by atoms with Gasteiger partial charge in [-0.3, -0.25) is 5.10 Å². The lowest BCUT2D eigenvalue weighted by Gasteiger charge is -2.16. The molecule has 1 aromatic rings. The second-order valence-electron chi connectivity index (χ2n) is 4.46. The van der Waals surface area contributed by atoms with Crippen molar-refractivity contribution < 1.29 is 0 Å². The Morgan fingerprint density at radius 1 is 1.38 bits per heavy atom. The van der Waals surface area contributed by atoms with Crippen LogP contribution in [0.3, 0.4) is 0 Å². The van der Waals surface area contributed by atoms with Gasteiger partial charge in [-0.1, -0.05) is 20.8 Å². The molecule has 74 valence electrons. The van der Waals surface area contributed by atoms with Crippen LogP contribution >= 0.6 is 0 Å². The molecular formula is C10H19N3. The Morgan fingerprint density at radius 2 is 2.00 bits per heavy atom. The molecule has 0 radical (unpaired) electrons. The van der Waals surface area contributed by atoms with Crippen LogP contribution in [0.4, 0.5) is 0 Å². The highest BCUT2D eigenvalue weighted by molar-refractivity contribution is 5.28. The predicted octanol–water partition coefficient (Wildman–Crippen LogP) is 1.74. The minimum Gasteiger partial charge on any atom is -0.314 e. The van der Waals surface area contributed by atoms with Crippen LogP contribution in [0.1, 0.15) is 37.7 Å². The van der Waals surface area contributed by atoms with Crippen molar-refractivity contribution >= 4 is 0 Å². The third kappa shape index (κ3) is 2.10. The van der Waals surface area contributed by atoms with Gasteiger partial charge in [-0.15, -0.1) is 0 Å². The molecule has 0 fully saturated rings. The first kappa shape index (κ1) is 10.3. The normalized spacial score (nSPS) is 12.1. The lowest BCUT2D eigenvalue weighted by molar-refractivity contribution is 0.563. The molecule has 3 heteroatoms. The van der Waals surface area contributed by atoms with E-state index >= 15 is 0 Å². The molecule has 0 aliphatic rings. The summed E-state index contributed by atoms with van der Waals surface area (Å²) in [6.45, 7) is 9.52. The highest BCUT2D eigenvalue weighted by atomic mass is 15.1. The molecule has 0 amide bonds. The number of H-pyrrole nitrogens is 1. The second kappa shape index (κ2) is 3.50. The van der Waals surface area contributed by atoms with Crippen LogP contribution in [-0.2, 0) is 12.0 Å². The van der Waals surface area contributed by atoms with E-state index in [1.807, 2.05) is 7.05 Å². The highest BCUT2D eigenvalue weighted by Gasteiger charge is 2.20. The molecule has 0 bridgehead atoms. The van der Waals surface area contributed by atoms with Crippen LogP contribution in [0.2, 0.25) is 0 Å². The zero-order valence-electron chi connectivity index (χ0n) is 9.15. The molecule has 2 N–H and O–H groups in total. The summed E-state index contributed by atoms with van der Waals surface area (Å²) in [5, 5.41) is 10.5. The maximum Gasteiger partial charge on any atom is 0.0707 e. The number of nitrogens with one attached hydrogen (secondary N) is 2. The van der Waals surface area contributed by atoms with Crippen LogP contribution in [0, 0.1) is 6.92 Å². The molecule has 1 rings (SSSR count). The lowest BCUT2D eigenvalue weighted by atomic mass is 9.89. The Hall–Kier alpha value is -0.830. The van der Waals surface area contributed by atoms with Crippen molar-refractivity contribution in [2.45, 2.75) is 39.7 Å². The summed E-state index contributed by atoms with van der Waals surface area (Å²) in [5.41, 5.74) is 3.76. The van der Waals surface area contributed by atoms with Gasteiger partial charge in [0.1, 0.15) is 0 Å². The topological polar surface area (TPSA) is 40.7 Å². The van der Waals surface area contributed by atoms with Gasteiger partial charge < -0.3 is 5.32 Å². The molecule has 1 aromatic heterocycles. The summed E-state index contributed by atoms with van der Waals surface area (Å²) in [5.74, 6) is 0. The second-order valence-corrected chi connectivity index (χ2v) is 4.46. The monoisotopic (exact) mass is 181 g/mol.